The van der Waals surface area contributed by atoms with Crippen LogP contribution in [0, 0.1) is 11.8 Å². The molecule has 1 aliphatic heterocycles. The lowest BCUT2D eigenvalue weighted by atomic mass is 10.2. The molecule has 142 valence electrons. The standard InChI is InChI=1S/C16H17F3N2O4S/c17-16(18,19)9-2-1-3-10(6-9)20-14(22)12-7-13(12)15(23)21-11-4-5-26(24,25)8-11/h1-3,6,11-13H,4-5,7-8H2,(H,20,22)(H,21,23). The molecule has 26 heavy (non-hydrogen) atoms. The van der Waals surface area contributed by atoms with Crippen LogP contribution in [0.3, 0.4) is 0 Å². The largest absolute Gasteiger partial charge is 0.416 e. The van der Waals surface area contributed by atoms with Crippen molar-refractivity contribution >= 4 is 27.3 Å². The van der Waals surface area contributed by atoms with E-state index in [2.05, 4.69) is 10.6 Å². The van der Waals surface area contributed by atoms with Gasteiger partial charge in [-0.1, -0.05) is 6.07 Å². The highest BCUT2D eigenvalue weighted by molar-refractivity contribution is 7.91. The molecular weight excluding hydrogens is 373 g/mol. The van der Waals surface area contributed by atoms with Crippen LogP contribution in [0.25, 0.3) is 0 Å². The minimum absolute atomic E-state index is 0.0118. The first-order chi connectivity index (χ1) is 12.0. The van der Waals surface area contributed by atoms with Crippen molar-refractivity contribution in [1.29, 1.82) is 0 Å². The topological polar surface area (TPSA) is 92.3 Å². The Hall–Kier alpha value is -2.10. The molecule has 1 aromatic carbocycles. The van der Waals surface area contributed by atoms with Crippen LogP contribution in [0.1, 0.15) is 18.4 Å². The van der Waals surface area contributed by atoms with Gasteiger partial charge in [0.25, 0.3) is 0 Å². The van der Waals surface area contributed by atoms with Gasteiger partial charge in [0.15, 0.2) is 9.84 Å². The van der Waals surface area contributed by atoms with Gasteiger partial charge in [0, 0.05) is 11.7 Å². The summed E-state index contributed by atoms with van der Waals surface area (Å²) in [5.74, 6) is -2.19. The van der Waals surface area contributed by atoms with E-state index >= 15 is 0 Å². The molecule has 0 spiro atoms. The molecule has 3 rings (SSSR count). The molecule has 0 bridgehead atoms. The first-order valence-corrected chi connectivity index (χ1v) is 9.86. The first kappa shape index (κ1) is 18.7. The van der Waals surface area contributed by atoms with Crippen molar-refractivity contribution in [2.75, 3.05) is 16.8 Å². The number of carbonyl (C=O) groups is 2. The predicted octanol–water partition coefficient (Wildman–Crippen LogP) is 1.58. The summed E-state index contributed by atoms with van der Waals surface area (Å²) in [4.78, 5) is 24.2. The third-order valence-electron chi connectivity index (χ3n) is 4.50. The Labute approximate surface area is 148 Å². The second-order valence-electron chi connectivity index (χ2n) is 6.63. The van der Waals surface area contributed by atoms with Gasteiger partial charge in [0.1, 0.15) is 0 Å². The molecule has 0 aromatic heterocycles. The molecule has 1 heterocycles. The molecule has 3 atom stereocenters. The number of alkyl halides is 3. The van der Waals surface area contributed by atoms with Crippen molar-refractivity contribution in [2.24, 2.45) is 11.8 Å². The molecule has 1 saturated carbocycles. The van der Waals surface area contributed by atoms with Crippen LogP contribution >= 0.6 is 0 Å². The summed E-state index contributed by atoms with van der Waals surface area (Å²) in [6.07, 6.45) is -3.87. The first-order valence-electron chi connectivity index (χ1n) is 8.04. The molecule has 2 aliphatic rings. The molecule has 6 nitrogen and oxygen atoms in total. The summed E-state index contributed by atoms with van der Waals surface area (Å²) >= 11 is 0. The highest BCUT2D eigenvalue weighted by Crippen LogP contribution is 2.40. The Kier molecular flexibility index (Phi) is 4.72. The zero-order chi connectivity index (χ0) is 19.1. The Morgan fingerprint density at radius 3 is 2.42 bits per heavy atom. The maximum Gasteiger partial charge on any atom is 0.416 e. The van der Waals surface area contributed by atoms with Crippen LogP contribution in [-0.4, -0.2) is 37.8 Å². The zero-order valence-electron chi connectivity index (χ0n) is 13.5. The van der Waals surface area contributed by atoms with E-state index in [1.54, 1.807) is 0 Å². The number of benzene rings is 1. The second kappa shape index (κ2) is 6.57. The van der Waals surface area contributed by atoms with Gasteiger partial charge >= 0.3 is 6.18 Å². The van der Waals surface area contributed by atoms with Gasteiger partial charge in [0.05, 0.1) is 28.9 Å². The van der Waals surface area contributed by atoms with Crippen LogP contribution in [0.2, 0.25) is 0 Å². The van der Waals surface area contributed by atoms with Crippen molar-refractivity contribution < 1.29 is 31.2 Å². The molecule has 2 fully saturated rings. The predicted molar refractivity (Wildman–Crippen MR) is 86.9 cm³/mol. The lowest BCUT2D eigenvalue weighted by Gasteiger charge is -2.11. The van der Waals surface area contributed by atoms with Gasteiger partial charge in [0.2, 0.25) is 11.8 Å². The summed E-state index contributed by atoms with van der Waals surface area (Å²) in [5.41, 5.74) is -0.861. The normalized spacial score (nSPS) is 27.0. The van der Waals surface area contributed by atoms with Gasteiger partial charge in [-0.2, -0.15) is 13.2 Å². The number of hydrogen-bond donors (Lipinski definition) is 2. The fourth-order valence-corrected chi connectivity index (χ4v) is 4.67. The van der Waals surface area contributed by atoms with E-state index in [0.29, 0.717) is 6.42 Å². The van der Waals surface area contributed by atoms with Crippen molar-refractivity contribution in [3.63, 3.8) is 0 Å². The number of sulfone groups is 1. The number of anilines is 1. The minimum Gasteiger partial charge on any atom is -0.352 e. The monoisotopic (exact) mass is 390 g/mol. The molecule has 10 heteroatoms. The Morgan fingerprint density at radius 2 is 1.81 bits per heavy atom. The number of nitrogens with one attached hydrogen (secondary N) is 2. The van der Waals surface area contributed by atoms with Crippen molar-refractivity contribution in [3.05, 3.63) is 29.8 Å². The maximum atomic E-state index is 12.7. The minimum atomic E-state index is -4.51. The summed E-state index contributed by atoms with van der Waals surface area (Å²) in [6, 6.07) is 3.82. The zero-order valence-corrected chi connectivity index (χ0v) is 14.4. The smallest absolute Gasteiger partial charge is 0.352 e. The van der Waals surface area contributed by atoms with Crippen molar-refractivity contribution in [3.8, 4) is 0 Å². The molecule has 1 aromatic rings. The van der Waals surface area contributed by atoms with E-state index in [0.717, 1.165) is 12.1 Å². The number of hydrogen-bond acceptors (Lipinski definition) is 4. The van der Waals surface area contributed by atoms with Gasteiger partial charge in [-0.15, -0.1) is 0 Å². The fraction of sp³-hybridized carbons (Fsp3) is 0.500. The van der Waals surface area contributed by atoms with Crippen LogP contribution in [0.5, 0.6) is 0 Å². The van der Waals surface area contributed by atoms with Crippen LogP contribution in [0.4, 0.5) is 18.9 Å². The second-order valence-corrected chi connectivity index (χ2v) is 8.85. The Balaban J connectivity index is 1.54. The van der Waals surface area contributed by atoms with E-state index in [1.807, 2.05) is 0 Å². The van der Waals surface area contributed by atoms with E-state index in [4.69, 9.17) is 0 Å². The van der Waals surface area contributed by atoms with E-state index in [9.17, 15) is 31.2 Å². The summed E-state index contributed by atoms with van der Waals surface area (Å²) in [7, 11) is -3.12. The number of amides is 2. The average molecular weight is 390 g/mol. The number of rotatable bonds is 4. The third kappa shape index (κ3) is 4.35. The molecule has 2 amide bonds. The van der Waals surface area contributed by atoms with Crippen LogP contribution in [-0.2, 0) is 25.6 Å². The van der Waals surface area contributed by atoms with Gasteiger partial charge < -0.3 is 10.6 Å². The fourth-order valence-electron chi connectivity index (χ4n) is 3.00. The quantitative estimate of drug-likeness (QED) is 0.817. The van der Waals surface area contributed by atoms with Crippen LogP contribution in [0.15, 0.2) is 24.3 Å². The maximum absolute atomic E-state index is 12.7. The lowest BCUT2D eigenvalue weighted by Crippen LogP contribution is -2.37. The average Bonchev–Trinajstić information content (AvgIpc) is 3.26. The Bertz CT molecular complexity index is 838. The summed E-state index contributed by atoms with van der Waals surface area (Å²) in [5, 5.41) is 5.02. The number of halogens is 3. The van der Waals surface area contributed by atoms with E-state index < -0.39 is 51.3 Å². The summed E-state index contributed by atoms with van der Waals surface area (Å²) in [6.45, 7) is 0. The van der Waals surface area contributed by atoms with E-state index in [1.165, 1.54) is 12.1 Å². The SMILES string of the molecule is O=C(Nc1cccc(C(F)(F)F)c1)C1CC1C(=O)NC1CCS(=O)(=O)C1. The van der Waals surface area contributed by atoms with Gasteiger partial charge in [-0.25, -0.2) is 8.42 Å². The molecule has 0 radical (unpaired) electrons. The highest BCUT2D eigenvalue weighted by Gasteiger charge is 2.48. The lowest BCUT2D eigenvalue weighted by molar-refractivity contribution is -0.137. The molecular formula is C16H17F3N2O4S. The van der Waals surface area contributed by atoms with Gasteiger partial charge in [-0.05, 0) is 31.0 Å². The van der Waals surface area contributed by atoms with Gasteiger partial charge in [-0.3, -0.25) is 9.59 Å². The van der Waals surface area contributed by atoms with Crippen molar-refractivity contribution in [2.45, 2.75) is 25.1 Å². The van der Waals surface area contributed by atoms with E-state index in [-0.39, 0.29) is 23.6 Å². The highest BCUT2D eigenvalue weighted by atomic mass is 32.2. The van der Waals surface area contributed by atoms with Crippen molar-refractivity contribution in [1.82, 2.24) is 5.32 Å². The third-order valence-corrected chi connectivity index (χ3v) is 6.27. The number of carbonyl (C=O) groups excluding carboxylic acids is 2. The molecule has 1 saturated heterocycles. The molecule has 2 N–H and O–H groups in total. The molecule has 1 aliphatic carbocycles. The van der Waals surface area contributed by atoms with Crippen LogP contribution < -0.4 is 10.6 Å². The summed E-state index contributed by atoms with van der Waals surface area (Å²) < 4.78 is 60.8. The Morgan fingerprint density at radius 1 is 1.12 bits per heavy atom. The molecule has 3 unspecified atom stereocenters.